The summed E-state index contributed by atoms with van der Waals surface area (Å²) in [5, 5.41) is 0. The van der Waals surface area contributed by atoms with Crippen LogP contribution < -0.4 is 9.46 Å². The molecule has 0 amide bonds. The summed E-state index contributed by atoms with van der Waals surface area (Å²) < 4.78 is 73.9. The average molecular weight is 456 g/mol. The highest BCUT2D eigenvalue weighted by atomic mass is 32.2. The predicted octanol–water partition coefficient (Wildman–Crippen LogP) is 1.97. The molecule has 162 valence electrons. The van der Waals surface area contributed by atoms with E-state index in [0.717, 1.165) is 0 Å². The fourth-order valence-electron chi connectivity index (χ4n) is 2.48. The molecule has 0 aliphatic carbocycles. The molecule has 30 heavy (non-hydrogen) atoms. The first-order valence-corrected chi connectivity index (χ1v) is 12.5. The maximum Gasteiger partial charge on any atom is 0.333 e. The van der Waals surface area contributed by atoms with Crippen LogP contribution in [0.2, 0.25) is 0 Å². The van der Waals surface area contributed by atoms with Crippen LogP contribution in [0.5, 0.6) is 5.75 Å². The Morgan fingerprint density at radius 3 is 2.50 bits per heavy atom. The molecule has 0 spiro atoms. The van der Waals surface area contributed by atoms with E-state index in [4.69, 9.17) is 9.29 Å². The molecule has 0 atom stereocenters. The van der Waals surface area contributed by atoms with Crippen molar-refractivity contribution in [3.8, 4) is 17.6 Å². The lowest BCUT2D eigenvalue weighted by Crippen LogP contribution is -2.25. The number of rotatable bonds is 9. The fourth-order valence-corrected chi connectivity index (χ4v) is 3.48. The van der Waals surface area contributed by atoms with Gasteiger partial charge < -0.3 is 4.74 Å². The third-order valence-electron chi connectivity index (χ3n) is 3.88. The maximum absolute atomic E-state index is 14.2. The zero-order valence-corrected chi connectivity index (χ0v) is 17.9. The van der Waals surface area contributed by atoms with E-state index < -0.39 is 26.0 Å². The van der Waals surface area contributed by atoms with Gasteiger partial charge >= 0.3 is 10.3 Å². The molecule has 7 nitrogen and oxygen atoms in total. The number of hydrogen-bond acceptors (Lipinski definition) is 5. The molecule has 0 saturated heterocycles. The Morgan fingerprint density at radius 1 is 1.10 bits per heavy atom. The number of nitrogens with one attached hydrogen (secondary N) is 1. The molecule has 0 radical (unpaired) electrons. The van der Waals surface area contributed by atoms with Crippen LogP contribution in [0.3, 0.4) is 0 Å². The summed E-state index contributed by atoms with van der Waals surface area (Å²) in [5.74, 6) is 5.76. The van der Waals surface area contributed by atoms with Gasteiger partial charge in [0.1, 0.15) is 21.4 Å². The molecule has 0 aromatic heterocycles. The summed E-state index contributed by atoms with van der Waals surface area (Å²) >= 11 is 0. The molecule has 0 unspecified atom stereocenters. The van der Waals surface area contributed by atoms with Crippen molar-refractivity contribution in [3.63, 3.8) is 0 Å². The van der Waals surface area contributed by atoms with Crippen molar-refractivity contribution in [3.05, 3.63) is 65.0 Å². The van der Waals surface area contributed by atoms with Crippen LogP contribution in [0.4, 0.5) is 4.39 Å². The van der Waals surface area contributed by atoms with Crippen molar-refractivity contribution in [2.75, 3.05) is 25.2 Å². The lowest BCUT2D eigenvalue weighted by molar-refractivity contribution is 0.317. The van der Waals surface area contributed by atoms with Gasteiger partial charge in [-0.15, -0.1) is 0 Å². The van der Waals surface area contributed by atoms with Crippen LogP contribution in [0.1, 0.15) is 23.1 Å². The monoisotopic (exact) mass is 455 g/mol. The first-order chi connectivity index (χ1) is 14.0. The third kappa shape index (κ3) is 8.92. The summed E-state index contributed by atoms with van der Waals surface area (Å²) in [6.07, 6.45) is 1.60. The molecule has 2 aromatic rings. The largest absolute Gasteiger partial charge is 0.492 e. The van der Waals surface area contributed by atoms with Crippen LogP contribution in [0.15, 0.2) is 42.5 Å². The second-order valence-corrected chi connectivity index (χ2v) is 10.0. The standard InChI is InChI=1S/C20H22FNO6S2/c1-29(23,24)14-4-13-28-20-6-3-2-5-18(20)10-8-16-7-9-17(19(21)15-16)11-12-22-30(25,26)27/h2-3,5-7,9,15,22H,4,11-14H2,1H3,(H,25,26,27). The van der Waals surface area contributed by atoms with E-state index in [1.165, 1.54) is 18.4 Å². The maximum atomic E-state index is 14.2. The van der Waals surface area contributed by atoms with E-state index in [1.807, 2.05) is 4.72 Å². The van der Waals surface area contributed by atoms with Crippen LogP contribution in [0.25, 0.3) is 0 Å². The Balaban J connectivity index is 2.04. The summed E-state index contributed by atoms with van der Waals surface area (Å²) in [7, 11) is -7.36. The molecule has 10 heteroatoms. The number of ether oxygens (including phenoxy) is 1. The summed E-state index contributed by atoms with van der Waals surface area (Å²) in [5.41, 5.74) is 1.29. The number of sulfone groups is 1. The normalized spacial score (nSPS) is 11.6. The second-order valence-electron chi connectivity index (χ2n) is 6.50. The van der Waals surface area contributed by atoms with E-state index in [-0.39, 0.29) is 30.9 Å². The highest BCUT2D eigenvalue weighted by Crippen LogP contribution is 2.17. The fraction of sp³-hybridized carbons (Fsp3) is 0.300. The third-order valence-corrected chi connectivity index (χ3v) is 5.48. The number of benzene rings is 2. The lowest BCUT2D eigenvalue weighted by Gasteiger charge is -2.07. The highest BCUT2D eigenvalue weighted by molar-refractivity contribution is 7.90. The average Bonchev–Trinajstić information content (AvgIpc) is 2.64. The summed E-state index contributed by atoms with van der Waals surface area (Å²) in [4.78, 5) is 0. The van der Waals surface area contributed by atoms with Gasteiger partial charge in [0.05, 0.1) is 17.9 Å². The predicted molar refractivity (Wildman–Crippen MR) is 112 cm³/mol. The van der Waals surface area contributed by atoms with Gasteiger partial charge in [-0.1, -0.05) is 30.0 Å². The molecule has 0 aliphatic heterocycles. The minimum absolute atomic E-state index is 0.0340. The smallest absolute Gasteiger partial charge is 0.333 e. The quantitative estimate of drug-likeness (QED) is 0.340. The lowest BCUT2D eigenvalue weighted by atomic mass is 10.1. The van der Waals surface area contributed by atoms with Gasteiger partial charge in [0.25, 0.3) is 0 Å². The van der Waals surface area contributed by atoms with Gasteiger partial charge in [-0.2, -0.15) is 13.1 Å². The Labute approximate surface area is 176 Å². The van der Waals surface area contributed by atoms with E-state index in [9.17, 15) is 21.2 Å². The topological polar surface area (TPSA) is 110 Å². The van der Waals surface area contributed by atoms with Gasteiger partial charge in [0.2, 0.25) is 0 Å². The van der Waals surface area contributed by atoms with Crippen LogP contribution in [-0.4, -0.2) is 46.5 Å². The minimum Gasteiger partial charge on any atom is -0.492 e. The van der Waals surface area contributed by atoms with Gasteiger partial charge in [0.15, 0.2) is 0 Å². The summed E-state index contributed by atoms with van der Waals surface area (Å²) in [6.45, 7) is 0.0948. The SMILES string of the molecule is CS(=O)(=O)CCCOc1ccccc1C#Cc1ccc(CCNS(=O)(=O)O)c(F)c1. The molecule has 2 aromatic carbocycles. The van der Waals surface area contributed by atoms with Crippen molar-refractivity contribution < 1.29 is 30.5 Å². The molecule has 0 fully saturated rings. The Morgan fingerprint density at radius 2 is 1.83 bits per heavy atom. The zero-order chi connectivity index (χ0) is 22.2. The van der Waals surface area contributed by atoms with E-state index in [2.05, 4.69) is 11.8 Å². The molecule has 0 heterocycles. The van der Waals surface area contributed by atoms with Gasteiger partial charge in [-0.25, -0.2) is 12.8 Å². The van der Waals surface area contributed by atoms with Gasteiger partial charge in [0, 0.05) is 18.4 Å². The number of halogens is 1. The van der Waals surface area contributed by atoms with E-state index in [0.29, 0.717) is 23.3 Å². The van der Waals surface area contributed by atoms with Crippen molar-refractivity contribution >= 4 is 20.1 Å². The molecule has 0 aliphatic rings. The van der Waals surface area contributed by atoms with Gasteiger partial charge in [-0.05, 0) is 42.7 Å². The Kier molecular flexibility index (Phi) is 8.37. The second kappa shape index (κ2) is 10.5. The van der Waals surface area contributed by atoms with Crippen molar-refractivity contribution in [1.29, 1.82) is 0 Å². The molecular weight excluding hydrogens is 433 g/mol. The van der Waals surface area contributed by atoms with E-state index in [1.54, 1.807) is 30.3 Å². The first-order valence-electron chi connectivity index (χ1n) is 8.95. The van der Waals surface area contributed by atoms with Gasteiger partial charge in [-0.3, -0.25) is 4.55 Å². The Bertz CT molecular complexity index is 1150. The highest BCUT2D eigenvalue weighted by Gasteiger charge is 2.07. The summed E-state index contributed by atoms with van der Waals surface area (Å²) in [6, 6.07) is 11.4. The molecule has 0 bridgehead atoms. The van der Waals surface area contributed by atoms with Crippen molar-refractivity contribution in [2.24, 2.45) is 0 Å². The van der Waals surface area contributed by atoms with Crippen LogP contribution >= 0.6 is 0 Å². The van der Waals surface area contributed by atoms with E-state index >= 15 is 0 Å². The molecule has 2 rings (SSSR count). The molecular formula is C20H22FNO6S2. The Hall–Kier alpha value is -2.45. The molecule has 2 N–H and O–H groups in total. The number of para-hydroxylation sites is 1. The zero-order valence-electron chi connectivity index (χ0n) is 16.3. The number of hydrogen-bond donors (Lipinski definition) is 2. The van der Waals surface area contributed by atoms with Crippen molar-refractivity contribution in [2.45, 2.75) is 12.8 Å². The van der Waals surface area contributed by atoms with Crippen LogP contribution in [0, 0.1) is 17.7 Å². The molecule has 0 saturated carbocycles. The minimum atomic E-state index is -4.31. The van der Waals surface area contributed by atoms with Crippen LogP contribution in [-0.2, 0) is 26.6 Å². The van der Waals surface area contributed by atoms with Crippen molar-refractivity contribution in [1.82, 2.24) is 4.72 Å². The first kappa shape index (κ1) is 23.8.